The zero-order valence-corrected chi connectivity index (χ0v) is 30.3. The third kappa shape index (κ3) is 6.05. The Morgan fingerprint density at radius 2 is 1.49 bits per heavy atom. The molecule has 3 amide bonds. The molecule has 0 heterocycles. The summed E-state index contributed by atoms with van der Waals surface area (Å²) in [6.45, 7) is 9.37. The Bertz CT molecular complexity index is 1610. The van der Waals surface area contributed by atoms with E-state index < -0.39 is 10.8 Å². The highest BCUT2D eigenvalue weighted by atomic mass is 16.2. The summed E-state index contributed by atoms with van der Waals surface area (Å²) >= 11 is 0. The number of carbonyl (C=O) groups excluding carboxylic acids is 3. The second-order valence-corrected chi connectivity index (χ2v) is 16.6. The quantitative estimate of drug-likeness (QED) is 0.167. The summed E-state index contributed by atoms with van der Waals surface area (Å²) in [7, 11) is 1.82. The summed E-state index contributed by atoms with van der Waals surface area (Å²) < 4.78 is 0. The van der Waals surface area contributed by atoms with E-state index in [-0.39, 0.29) is 46.4 Å². The second-order valence-electron chi connectivity index (χ2n) is 16.6. The highest BCUT2D eigenvalue weighted by Crippen LogP contribution is 2.59. The molecule has 2 aromatic carbocycles. The first-order chi connectivity index (χ1) is 23.3. The van der Waals surface area contributed by atoms with Crippen molar-refractivity contribution >= 4 is 29.1 Å². The number of aryl methyl sites for hydroxylation is 1. The summed E-state index contributed by atoms with van der Waals surface area (Å²) in [6, 6.07) is 14.4. The van der Waals surface area contributed by atoms with Gasteiger partial charge >= 0.3 is 0 Å². The molecule has 0 aliphatic heterocycles. The first kappa shape index (κ1) is 35.4. The third-order valence-electron chi connectivity index (χ3n) is 13.7. The van der Waals surface area contributed by atoms with E-state index in [0.29, 0.717) is 12.2 Å². The SMILES string of the molecule is CN[C@@H](CCCCN)C(=O)Nc1ccc2c(c1)[C@@]1(C)CCC[C@](C)(C(=O)NC(=O)[C@@]3(C)CCC[C@]4(C)c5cc(N)c#cc5CC[C@@H]34)C1CC2. The first-order valence-electron chi connectivity index (χ1n) is 18.7. The van der Waals surface area contributed by atoms with E-state index in [4.69, 9.17) is 11.5 Å². The number of hydrogen-bond donors (Lipinski definition) is 5. The normalized spacial score (nSPS) is 32.3. The number of imide groups is 1. The van der Waals surface area contributed by atoms with Crippen molar-refractivity contribution in [1.29, 1.82) is 0 Å². The van der Waals surface area contributed by atoms with Crippen LogP contribution in [0.2, 0.25) is 0 Å². The van der Waals surface area contributed by atoms with Gasteiger partial charge in [0.05, 0.1) is 22.6 Å². The molecule has 0 aromatic heterocycles. The third-order valence-corrected chi connectivity index (χ3v) is 13.7. The maximum absolute atomic E-state index is 14.5. The molecule has 49 heavy (non-hydrogen) atoms. The van der Waals surface area contributed by atoms with Gasteiger partial charge in [-0.3, -0.25) is 19.7 Å². The summed E-state index contributed by atoms with van der Waals surface area (Å²) in [5.74, 6) is -0.129. The van der Waals surface area contributed by atoms with Crippen LogP contribution in [-0.2, 0) is 38.1 Å². The molecule has 7 N–H and O–H groups in total. The van der Waals surface area contributed by atoms with E-state index in [1.165, 1.54) is 16.7 Å². The minimum Gasteiger partial charge on any atom is -0.392 e. The number of fused-ring (bicyclic) bond motifs is 6. The van der Waals surface area contributed by atoms with Crippen LogP contribution >= 0.6 is 0 Å². The van der Waals surface area contributed by atoms with Gasteiger partial charge in [-0.2, -0.15) is 0 Å². The van der Waals surface area contributed by atoms with Crippen molar-refractivity contribution in [3.05, 3.63) is 58.7 Å². The number of unbranched alkanes of at least 4 members (excludes halogenated alkanes) is 1. The van der Waals surface area contributed by atoms with E-state index >= 15 is 0 Å². The average molecular weight is 668 g/mol. The highest BCUT2D eigenvalue weighted by Gasteiger charge is 2.58. The fourth-order valence-electron chi connectivity index (χ4n) is 10.9. The van der Waals surface area contributed by atoms with E-state index in [9.17, 15) is 14.4 Å². The second kappa shape index (κ2) is 13.4. The van der Waals surface area contributed by atoms with Crippen molar-refractivity contribution in [3.63, 3.8) is 0 Å². The number of nitrogens with two attached hydrogens (primary N) is 2. The topological polar surface area (TPSA) is 139 Å². The molecule has 2 saturated carbocycles. The fourth-order valence-corrected chi connectivity index (χ4v) is 10.9. The van der Waals surface area contributed by atoms with Gasteiger partial charge in [0.25, 0.3) is 0 Å². The van der Waals surface area contributed by atoms with E-state index in [1.807, 2.05) is 19.2 Å². The predicted molar refractivity (Wildman–Crippen MR) is 195 cm³/mol. The summed E-state index contributed by atoms with van der Waals surface area (Å²) in [5, 5.41) is 9.36. The van der Waals surface area contributed by atoms with Crippen LogP contribution in [0.3, 0.4) is 0 Å². The lowest BCUT2D eigenvalue weighted by Gasteiger charge is -2.55. The Labute approximate surface area is 293 Å². The molecule has 0 saturated heterocycles. The number of nitrogens with one attached hydrogen (secondary N) is 3. The van der Waals surface area contributed by atoms with Crippen LogP contribution in [0.5, 0.6) is 0 Å². The number of rotatable bonds is 9. The lowest BCUT2D eigenvalue weighted by atomic mass is 9.49. The number of carbonyl (C=O) groups is 3. The molecule has 0 radical (unpaired) electrons. The lowest BCUT2D eigenvalue weighted by molar-refractivity contribution is -0.150. The van der Waals surface area contributed by atoms with Gasteiger partial charge in [-0.15, -0.1) is 0 Å². The number of anilines is 2. The van der Waals surface area contributed by atoms with Gasteiger partial charge in [0.2, 0.25) is 17.7 Å². The van der Waals surface area contributed by atoms with Crippen molar-refractivity contribution in [2.24, 2.45) is 28.4 Å². The minimum absolute atomic E-state index is 0.0444. The Kier molecular flexibility index (Phi) is 9.67. The number of nitrogen functional groups attached to an aromatic ring is 1. The fraction of sp³-hybridized carbons (Fsp3) is 0.634. The molecule has 264 valence electrons. The van der Waals surface area contributed by atoms with Crippen LogP contribution in [0.1, 0.15) is 121 Å². The highest BCUT2D eigenvalue weighted by molar-refractivity contribution is 6.01. The van der Waals surface area contributed by atoms with Gasteiger partial charge in [0, 0.05) is 11.3 Å². The molecule has 2 aromatic rings. The number of hydrogen-bond acceptors (Lipinski definition) is 6. The number of amides is 3. The van der Waals surface area contributed by atoms with Crippen molar-refractivity contribution in [2.75, 3.05) is 24.6 Å². The molecule has 2 fully saturated rings. The number of benzene rings is 1. The van der Waals surface area contributed by atoms with Gasteiger partial charge in [-0.05, 0) is 141 Å². The molecule has 4 aliphatic rings. The molecule has 6 rings (SSSR count). The largest absolute Gasteiger partial charge is 0.392 e. The van der Waals surface area contributed by atoms with Crippen LogP contribution in [0.25, 0.3) is 0 Å². The monoisotopic (exact) mass is 667 g/mol. The van der Waals surface area contributed by atoms with Crippen molar-refractivity contribution in [3.8, 4) is 0 Å². The molecule has 0 bridgehead atoms. The van der Waals surface area contributed by atoms with Crippen LogP contribution in [0, 0.1) is 34.8 Å². The maximum Gasteiger partial charge on any atom is 0.241 e. The zero-order valence-electron chi connectivity index (χ0n) is 30.3. The van der Waals surface area contributed by atoms with Gasteiger partial charge in [-0.1, -0.05) is 59.1 Å². The van der Waals surface area contributed by atoms with Gasteiger partial charge in [0.1, 0.15) is 0 Å². The Hall–Kier alpha value is -3.41. The van der Waals surface area contributed by atoms with Gasteiger partial charge in [-0.25, -0.2) is 0 Å². The predicted octanol–water partition coefficient (Wildman–Crippen LogP) is 5.89. The van der Waals surface area contributed by atoms with E-state index in [0.717, 1.165) is 94.7 Å². The lowest BCUT2D eigenvalue weighted by Crippen LogP contribution is -2.60. The van der Waals surface area contributed by atoms with Crippen molar-refractivity contribution < 1.29 is 14.4 Å². The van der Waals surface area contributed by atoms with Gasteiger partial charge in [0.15, 0.2) is 0 Å². The molecule has 4 aliphatic carbocycles. The Balaban J connectivity index is 1.21. The van der Waals surface area contributed by atoms with Gasteiger partial charge < -0.3 is 22.1 Å². The molecule has 8 heteroatoms. The summed E-state index contributed by atoms with van der Waals surface area (Å²) in [4.78, 5) is 42.1. The molecular formula is C41H57N5O3. The number of likely N-dealkylation sites (N-methyl/N-ethyl adjacent to an activating group) is 1. The van der Waals surface area contributed by atoms with Crippen LogP contribution < -0.4 is 27.4 Å². The molecular weight excluding hydrogens is 610 g/mol. The molecule has 8 nitrogen and oxygen atoms in total. The molecule has 0 spiro atoms. The van der Waals surface area contributed by atoms with Crippen LogP contribution in [0.15, 0.2) is 24.3 Å². The Morgan fingerprint density at radius 1 is 0.857 bits per heavy atom. The standard InChI is InChI=1S/C41H57N5O3/c1-38-19-8-21-40(3,33(38)17-13-26-11-15-28(43)24-30(26)38)36(48)46-37(49)41(4)22-9-20-39(2)31-25-29(16-12-27(31)14-18-34(39)41)45-35(47)32(44-5)10-6-7-23-42/h12,16,24-25,32-34,44H,6-10,13-14,17-23,42-43H2,1-5H3,(H,45,47)(H,46,48,49)/t32-,33+,34?,38+,39+,40-,41-/m0/s1. The smallest absolute Gasteiger partial charge is 0.241 e. The summed E-state index contributed by atoms with van der Waals surface area (Å²) in [6.07, 6.45) is 11.3. The average Bonchev–Trinajstić information content (AvgIpc) is 3.07. The maximum atomic E-state index is 14.5. The molecule has 1 unspecified atom stereocenters. The van der Waals surface area contributed by atoms with E-state index in [2.05, 4.69) is 67.9 Å². The van der Waals surface area contributed by atoms with Crippen molar-refractivity contribution in [1.82, 2.24) is 10.6 Å². The van der Waals surface area contributed by atoms with Crippen molar-refractivity contribution in [2.45, 2.75) is 128 Å². The van der Waals surface area contributed by atoms with Crippen LogP contribution in [0.4, 0.5) is 11.4 Å². The minimum atomic E-state index is -0.688. The Morgan fingerprint density at radius 3 is 2.12 bits per heavy atom. The zero-order chi connectivity index (χ0) is 35.2. The van der Waals surface area contributed by atoms with E-state index in [1.54, 1.807) is 0 Å². The first-order valence-corrected chi connectivity index (χ1v) is 18.7. The summed E-state index contributed by atoms with van der Waals surface area (Å²) in [5.41, 5.74) is 16.3. The molecule has 7 atom stereocenters. The van der Waals surface area contributed by atoms with Crippen LogP contribution in [-0.4, -0.2) is 37.4 Å².